The van der Waals surface area contributed by atoms with Crippen molar-refractivity contribution in [1.29, 1.82) is 0 Å². The van der Waals surface area contributed by atoms with Crippen LogP contribution in [-0.4, -0.2) is 36.3 Å². The van der Waals surface area contributed by atoms with Crippen molar-refractivity contribution >= 4 is 17.5 Å². The van der Waals surface area contributed by atoms with Crippen molar-refractivity contribution < 1.29 is 9.59 Å². The molecule has 0 spiro atoms. The largest absolute Gasteiger partial charge is 0.338 e. The Labute approximate surface area is 155 Å². The molecule has 4 nitrogen and oxygen atoms in total. The molecule has 0 unspecified atom stereocenters. The van der Waals surface area contributed by atoms with Crippen molar-refractivity contribution in [3.63, 3.8) is 0 Å². The number of hydrogen-bond acceptors (Lipinski definition) is 2. The minimum atomic E-state index is 0.121. The number of rotatable bonds is 3. The van der Waals surface area contributed by atoms with Gasteiger partial charge in [-0.3, -0.25) is 9.59 Å². The SMILES string of the molecule is CN(C(=O)c1cccc(N2CCCC2=O)c1)C1C2CC3CC(C2)CC1C3. The van der Waals surface area contributed by atoms with E-state index in [-0.39, 0.29) is 11.8 Å². The summed E-state index contributed by atoms with van der Waals surface area (Å²) in [5, 5.41) is 0. The van der Waals surface area contributed by atoms with E-state index >= 15 is 0 Å². The maximum absolute atomic E-state index is 13.2. The minimum absolute atomic E-state index is 0.121. The first kappa shape index (κ1) is 16.3. The molecule has 4 saturated carbocycles. The number of amides is 2. The van der Waals surface area contributed by atoms with Crippen molar-refractivity contribution in [3.05, 3.63) is 29.8 Å². The zero-order valence-corrected chi connectivity index (χ0v) is 15.6. The average molecular weight is 352 g/mol. The highest BCUT2D eigenvalue weighted by Gasteiger charge is 2.50. The number of carbonyl (C=O) groups excluding carboxylic acids is 2. The summed E-state index contributed by atoms with van der Waals surface area (Å²) in [7, 11) is 2.00. The van der Waals surface area contributed by atoms with Gasteiger partial charge in [-0.05, 0) is 80.4 Å². The van der Waals surface area contributed by atoms with E-state index < -0.39 is 0 Å². The molecule has 4 bridgehead atoms. The molecule has 0 N–H and O–H groups in total. The van der Waals surface area contributed by atoms with Crippen LogP contribution in [0.4, 0.5) is 5.69 Å². The lowest BCUT2D eigenvalue weighted by molar-refractivity contribution is -0.117. The fourth-order valence-corrected chi connectivity index (χ4v) is 6.60. The third-order valence-corrected chi connectivity index (χ3v) is 7.42. The van der Waals surface area contributed by atoms with Gasteiger partial charge in [0.1, 0.15) is 0 Å². The van der Waals surface area contributed by atoms with Gasteiger partial charge in [0.2, 0.25) is 5.91 Å². The standard InChI is InChI=1S/C22H28N2O2/c1-23(21-17-9-14-8-15(11-17)12-18(21)10-14)22(26)16-4-2-5-19(13-16)24-7-3-6-20(24)25/h2,4-5,13-15,17-18,21H,3,6-12H2,1H3. The lowest BCUT2D eigenvalue weighted by Crippen LogP contribution is -2.56. The Kier molecular flexibility index (Phi) is 3.84. The molecule has 1 saturated heterocycles. The van der Waals surface area contributed by atoms with E-state index in [4.69, 9.17) is 0 Å². The molecule has 1 aromatic carbocycles. The summed E-state index contributed by atoms with van der Waals surface area (Å²) in [6, 6.07) is 8.09. The summed E-state index contributed by atoms with van der Waals surface area (Å²) in [6.45, 7) is 0.766. The Morgan fingerprint density at radius 3 is 2.38 bits per heavy atom. The summed E-state index contributed by atoms with van der Waals surface area (Å²) in [5.41, 5.74) is 1.59. The van der Waals surface area contributed by atoms with E-state index in [2.05, 4.69) is 0 Å². The molecule has 5 fully saturated rings. The first-order valence-electron chi connectivity index (χ1n) is 10.3. The fraction of sp³-hybridized carbons (Fsp3) is 0.636. The van der Waals surface area contributed by atoms with Crippen LogP contribution in [-0.2, 0) is 4.79 Å². The van der Waals surface area contributed by atoms with Crippen molar-refractivity contribution in [2.45, 2.75) is 51.0 Å². The monoisotopic (exact) mass is 352 g/mol. The molecule has 1 aromatic rings. The van der Waals surface area contributed by atoms with Crippen molar-refractivity contribution in [2.75, 3.05) is 18.5 Å². The Hall–Kier alpha value is -1.84. The summed E-state index contributed by atoms with van der Waals surface area (Å²) < 4.78 is 0. The summed E-state index contributed by atoms with van der Waals surface area (Å²) in [4.78, 5) is 29.1. The number of nitrogens with zero attached hydrogens (tertiary/aromatic N) is 2. The predicted molar refractivity (Wildman–Crippen MR) is 101 cm³/mol. The molecule has 4 aliphatic carbocycles. The Balaban J connectivity index is 1.37. The van der Waals surface area contributed by atoms with Crippen LogP contribution in [0, 0.1) is 23.7 Å². The van der Waals surface area contributed by atoms with Crippen LogP contribution in [0.5, 0.6) is 0 Å². The molecule has 0 radical (unpaired) electrons. The topological polar surface area (TPSA) is 40.6 Å². The number of carbonyl (C=O) groups is 2. The maximum Gasteiger partial charge on any atom is 0.253 e. The summed E-state index contributed by atoms with van der Waals surface area (Å²) >= 11 is 0. The molecule has 1 heterocycles. The van der Waals surface area contributed by atoms with Gasteiger partial charge in [0.05, 0.1) is 0 Å². The highest BCUT2D eigenvalue weighted by Crippen LogP contribution is 2.55. The van der Waals surface area contributed by atoms with Crippen LogP contribution in [0.1, 0.15) is 55.3 Å². The predicted octanol–water partition coefficient (Wildman–Crippen LogP) is 3.71. The molecule has 0 atom stereocenters. The van der Waals surface area contributed by atoms with E-state index in [0.29, 0.717) is 24.3 Å². The Morgan fingerprint density at radius 2 is 1.77 bits per heavy atom. The van der Waals surface area contributed by atoms with Gasteiger partial charge in [-0.1, -0.05) is 6.07 Å². The average Bonchev–Trinajstić information content (AvgIpc) is 3.06. The van der Waals surface area contributed by atoms with Gasteiger partial charge < -0.3 is 9.80 Å². The second-order valence-corrected chi connectivity index (χ2v) is 9.04. The summed E-state index contributed by atoms with van der Waals surface area (Å²) in [5.74, 6) is 3.52. The molecule has 0 aromatic heterocycles. The summed E-state index contributed by atoms with van der Waals surface area (Å²) in [6.07, 6.45) is 8.23. The minimum Gasteiger partial charge on any atom is -0.338 e. The molecule has 4 heteroatoms. The van der Waals surface area contributed by atoms with Crippen molar-refractivity contribution in [3.8, 4) is 0 Å². The zero-order chi connectivity index (χ0) is 17.8. The molecular weight excluding hydrogens is 324 g/mol. The smallest absolute Gasteiger partial charge is 0.253 e. The van der Waals surface area contributed by atoms with Crippen LogP contribution in [0.15, 0.2) is 24.3 Å². The van der Waals surface area contributed by atoms with Crippen LogP contribution < -0.4 is 4.90 Å². The zero-order valence-electron chi connectivity index (χ0n) is 15.6. The first-order valence-corrected chi connectivity index (χ1v) is 10.3. The molecular formula is C22H28N2O2. The Morgan fingerprint density at radius 1 is 1.08 bits per heavy atom. The van der Waals surface area contributed by atoms with E-state index in [1.807, 2.05) is 41.1 Å². The number of benzene rings is 1. The normalized spacial score (nSPS) is 35.2. The molecule has 1 aliphatic heterocycles. The lowest BCUT2D eigenvalue weighted by atomic mass is 9.54. The van der Waals surface area contributed by atoms with Gasteiger partial charge in [0.25, 0.3) is 5.91 Å². The maximum atomic E-state index is 13.2. The van der Waals surface area contributed by atoms with Gasteiger partial charge >= 0.3 is 0 Å². The molecule has 138 valence electrons. The number of hydrogen-bond donors (Lipinski definition) is 0. The number of anilines is 1. The molecule has 26 heavy (non-hydrogen) atoms. The van der Waals surface area contributed by atoms with Gasteiger partial charge in [-0.25, -0.2) is 0 Å². The molecule has 2 amide bonds. The van der Waals surface area contributed by atoms with E-state index in [1.165, 1.54) is 32.1 Å². The first-order chi connectivity index (χ1) is 12.6. The second-order valence-electron chi connectivity index (χ2n) is 9.04. The van der Waals surface area contributed by atoms with Crippen molar-refractivity contribution in [1.82, 2.24) is 4.90 Å². The van der Waals surface area contributed by atoms with Gasteiger partial charge in [0.15, 0.2) is 0 Å². The van der Waals surface area contributed by atoms with Crippen molar-refractivity contribution in [2.24, 2.45) is 23.7 Å². The molecule has 6 rings (SSSR count). The van der Waals surface area contributed by atoms with Gasteiger partial charge in [-0.2, -0.15) is 0 Å². The lowest BCUT2D eigenvalue weighted by Gasteiger charge is -2.56. The Bertz CT molecular complexity index is 715. The third-order valence-electron chi connectivity index (χ3n) is 7.42. The second kappa shape index (κ2) is 6.11. The van der Waals surface area contributed by atoms with Gasteiger partial charge in [0, 0.05) is 37.3 Å². The van der Waals surface area contributed by atoms with Crippen LogP contribution in [0.3, 0.4) is 0 Å². The highest BCUT2D eigenvalue weighted by atomic mass is 16.2. The van der Waals surface area contributed by atoms with E-state index in [0.717, 1.165) is 36.1 Å². The fourth-order valence-electron chi connectivity index (χ4n) is 6.60. The van der Waals surface area contributed by atoms with Gasteiger partial charge in [-0.15, -0.1) is 0 Å². The quantitative estimate of drug-likeness (QED) is 0.832. The third kappa shape index (κ3) is 2.57. The van der Waals surface area contributed by atoms with Crippen LogP contribution in [0.2, 0.25) is 0 Å². The van der Waals surface area contributed by atoms with E-state index in [1.54, 1.807) is 0 Å². The molecule has 5 aliphatic rings. The van der Waals surface area contributed by atoms with Crippen LogP contribution in [0.25, 0.3) is 0 Å². The van der Waals surface area contributed by atoms with E-state index in [9.17, 15) is 9.59 Å². The van der Waals surface area contributed by atoms with Crippen LogP contribution >= 0.6 is 0 Å². The highest BCUT2D eigenvalue weighted by molar-refractivity contribution is 5.99.